The van der Waals surface area contributed by atoms with Gasteiger partial charge in [-0.2, -0.15) is 8.78 Å². The minimum atomic E-state index is -1.64. The molecule has 0 heterocycles. The fourth-order valence-corrected chi connectivity index (χ4v) is 1.21. The molecule has 1 fully saturated rings. The summed E-state index contributed by atoms with van der Waals surface area (Å²) in [6, 6.07) is 0. The van der Waals surface area contributed by atoms with Crippen LogP contribution in [0.15, 0.2) is 12.2 Å². The van der Waals surface area contributed by atoms with Crippen molar-refractivity contribution in [3.8, 4) is 0 Å². The molecule has 1 nitrogen and oxygen atoms in total. The molecule has 0 N–H and O–H groups in total. The Labute approximate surface area is 71.4 Å². The summed E-state index contributed by atoms with van der Waals surface area (Å²) in [5.41, 5.74) is -1.00. The molecule has 3 heteroatoms. The molecule has 0 amide bonds. The number of hydrogen-bond donors (Lipinski definition) is 0. The van der Waals surface area contributed by atoms with E-state index in [1.54, 1.807) is 0 Å². The first-order valence-electron chi connectivity index (χ1n) is 4.07. The molecule has 1 aliphatic carbocycles. The number of halogens is 2. The van der Waals surface area contributed by atoms with Gasteiger partial charge in [0.15, 0.2) is 0 Å². The molecule has 1 saturated carbocycles. The molecule has 12 heavy (non-hydrogen) atoms. The highest BCUT2D eigenvalue weighted by Crippen LogP contribution is 2.44. The van der Waals surface area contributed by atoms with E-state index in [-0.39, 0.29) is 5.60 Å². The molecular weight excluding hydrogens is 162 g/mol. The van der Waals surface area contributed by atoms with Crippen LogP contribution in [-0.4, -0.2) is 11.2 Å². The first-order chi connectivity index (χ1) is 5.33. The minimum absolute atomic E-state index is 0.345. The Kier molecular flexibility index (Phi) is 2.25. The number of hydrogen-bond acceptors (Lipinski definition) is 1. The average Bonchev–Trinajstić information content (AvgIpc) is 2.40. The smallest absolute Gasteiger partial charge is 0.269 e. The molecule has 70 valence electrons. The third kappa shape index (κ3) is 2.89. The van der Waals surface area contributed by atoms with Crippen LogP contribution in [0.4, 0.5) is 8.78 Å². The zero-order chi connectivity index (χ0) is 9.41. The Balaban J connectivity index is 2.57. The van der Waals surface area contributed by atoms with Crippen LogP contribution < -0.4 is 0 Å². The summed E-state index contributed by atoms with van der Waals surface area (Å²) in [7, 11) is 0. The summed E-state index contributed by atoms with van der Waals surface area (Å²) >= 11 is 0. The molecule has 0 radical (unpaired) electrons. The van der Waals surface area contributed by atoms with Crippen LogP contribution in [0.5, 0.6) is 0 Å². The van der Waals surface area contributed by atoms with Crippen molar-refractivity contribution in [2.45, 2.75) is 44.8 Å². The monoisotopic (exact) mass is 176 g/mol. The zero-order valence-corrected chi connectivity index (χ0v) is 7.66. The van der Waals surface area contributed by atoms with Gasteiger partial charge in [0.1, 0.15) is 0 Å². The first kappa shape index (κ1) is 9.65. The average molecular weight is 176 g/mol. The quantitative estimate of drug-likeness (QED) is 0.628. The molecule has 1 rings (SSSR count). The SMILES string of the molecule is CC(C)(C)OC1(C=C(F)F)CC1. The highest BCUT2D eigenvalue weighted by Gasteiger charge is 2.45. The lowest BCUT2D eigenvalue weighted by molar-refractivity contribution is -0.0538. The van der Waals surface area contributed by atoms with Gasteiger partial charge in [0.2, 0.25) is 0 Å². The predicted molar refractivity (Wildman–Crippen MR) is 43.1 cm³/mol. The van der Waals surface area contributed by atoms with E-state index in [0.717, 1.165) is 6.08 Å². The molecule has 0 atom stereocenters. The van der Waals surface area contributed by atoms with E-state index in [2.05, 4.69) is 0 Å². The van der Waals surface area contributed by atoms with Gasteiger partial charge in [0, 0.05) is 6.08 Å². The maximum atomic E-state index is 11.9. The third-order valence-corrected chi connectivity index (χ3v) is 1.62. The maximum absolute atomic E-state index is 11.9. The third-order valence-electron chi connectivity index (χ3n) is 1.62. The van der Waals surface area contributed by atoms with Crippen molar-refractivity contribution in [1.29, 1.82) is 0 Å². The van der Waals surface area contributed by atoms with Crippen LogP contribution in [0.1, 0.15) is 33.6 Å². The number of ether oxygens (including phenoxy) is 1. The Bertz CT molecular complexity index is 195. The van der Waals surface area contributed by atoms with Gasteiger partial charge in [-0.1, -0.05) is 0 Å². The van der Waals surface area contributed by atoms with E-state index in [4.69, 9.17) is 4.74 Å². The minimum Gasteiger partial charge on any atom is -0.365 e. The summed E-state index contributed by atoms with van der Waals surface area (Å²) in [6.07, 6.45) is 0.707. The molecule has 1 aliphatic rings. The van der Waals surface area contributed by atoms with Gasteiger partial charge in [-0.3, -0.25) is 0 Å². The Morgan fingerprint density at radius 2 is 1.83 bits per heavy atom. The first-order valence-corrected chi connectivity index (χ1v) is 4.07. The number of rotatable bonds is 2. The van der Waals surface area contributed by atoms with E-state index in [0.29, 0.717) is 12.8 Å². The van der Waals surface area contributed by atoms with Crippen LogP contribution in [0.25, 0.3) is 0 Å². The molecule has 0 aromatic heterocycles. The van der Waals surface area contributed by atoms with Crippen molar-refractivity contribution in [3.05, 3.63) is 12.2 Å². The lowest BCUT2D eigenvalue weighted by atomic mass is 10.1. The molecule has 0 unspecified atom stereocenters. The molecule has 0 aromatic rings. The van der Waals surface area contributed by atoms with Crippen molar-refractivity contribution >= 4 is 0 Å². The second-order valence-electron chi connectivity index (χ2n) is 4.21. The van der Waals surface area contributed by atoms with Gasteiger partial charge in [-0.05, 0) is 33.6 Å². The maximum Gasteiger partial charge on any atom is 0.269 e. The summed E-state index contributed by atoms with van der Waals surface area (Å²) in [6.45, 7) is 5.62. The molecule has 0 spiro atoms. The normalized spacial score (nSPS) is 20.4. The van der Waals surface area contributed by atoms with E-state index >= 15 is 0 Å². The highest BCUT2D eigenvalue weighted by molar-refractivity contribution is 5.13. The van der Waals surface area contributed by atoms with Crippen molar-refractivity contribution in [1.82, 2.24) is 0 Å². The summed E-state index contributed by atoms with van der Waals surface area (Å²) in [4.78, 5) is 0. The van der Waals surface area contributed by atoms with Crippen LogP contribution in [0, 0.1) is 0 Å². The lowest BCUT2D eigenvalue weighted by Crippen LogP contribution is -2.27. The highest BCUT2D eigenvalue weighted by atomic mass is 19.3. The fourth-order valence-electron chi connectivity index (χ4n) is 1.21. The Morgan fingerprint density at radius 1 is 1.33 bits per heavy atom. The summed E-state index contributed by atoms with van der Waals surface area (Å²) in [5.74, 6) is 0. The summed E-state index contributed by atoms with van der Waals surface area (Å²) < 4.78 is 29.3. The van der Waals surface area contributed by atoms with Crippen LogP contribution in [-0.2, 0) is 4.74 Å². The van der Waals surface area contributed by atoms with Crippen molar-refractivity contribution in [3.63, 3.8) is 0 Å². The zero-order valence-electron chi connectivity index (χ0n) is 7.66. The van der Waals surface area contributed by atoms with Gasteiger partial charge in [-0.15, -0.1) is 0 Å². The predicted octanol–water partition coefficient (Wildman–Crippen LogP) is 3.11. The molecule has 0 bridgehead atoms. The van der Waals surface area contributed by atoms with E-state index in [1.165, 1.54) is 0 Å². The van der Waals surface area contributed by atoms with Crippen molar-refractivity contribution in [2.75, 3.05) is 0 Å². The van der Waals surface area contributed by atoms with Gasteiger partial charge in [0.25, 0.3) is 6.08 Å². The van der Waals surface area contributed by atoms with E-state index < -0.39 is 11.7 Å². The van der Waals surface area contributed by atoms with E-state index in [1.807, 2.05) is 20.8 Å². The van der Waals surface area contributed by atoms with Gasteiger partial charge in [0.05, 0.1) is 11.2 Å². The van der Waals surface area contributed by atoms with Crippen molar-refractivity contribution < 1.29 is 13.5 Å². The Hall–Kier alpha value is -0.440. The van der Waals surface area contributed by atoms with Crippen LogP contribution >= 0.6 is 0 Å². The van der Waals surface area contributed by atoms with E-state index in [9.17, 15) is 8.78 Å². The topological polar surface area (TPSA) is 9.23 Å². The van der Waals surface area contributed by atoms with Gasteiger partial charge < -0.3 is 4.74 Å². The van der Waals surface area contributed by atoms with Crippen molar-refractivity contribution in [2.24, 2.45) is 0 Å². The summed E-state index contributed by atoms with van der Waals surface area (Å²) in [5, 5.41) is 0. The van der Waals surface area contributed by atoms with Gasteiger partial charge in [-0.25, -0.2) is 0 Å². The largest absolute Gasteiger partial charge is 0.365 e. The molecule has 0 saturated heterocycles. The molecule has 0 aromatic carbocycles. The van der Waals surface area contributed by atoms with Crippen LogP contribution in [0.3, 0.4) is 0 Å². The van der Waals surface area contributed by atoms with Crippen LogP contribution in [0.2, 0.25) is 0 Å². The standard InChI is InChI=1S/C9H14F2O/c1-8(2,3)12-9(4-5-9)6-7(10)11/h6H,4-5H2,1-3H3. The molecular formula is C9H14F2O. The van der Waals surface area contributed by atoms with Gasteiger partial charge >= 0.3 is 0 Å². The Morgan fingerprint density at radius 3 is 2.08 bits per heavy atom. The molecule has 0 aliphatic heterocycles. The lowest BCUT2D eigenvalue weighted by Gasteiger charge is -2.25. The second kappa shape index (κ2) is 2.80. The second-order valence-corrected chi connectivity index (χ2v) is 4.21. The fraction of sp³-hybridized carbons (Fsp3) is 0.778.